The first-order chi connectivity index (χ1) is 10.7. The summed E-state index contributed by atoms with van der Waals surface area (Å²) in [5.74, 6) is 0.796. The van der Waals surface area contributed by atoms with Gasteiger partial charge in [0.2, 0.25) is 5.91 Å². The van der Waals surface area contributed by atoms with E-state index < -0.39 is 0 Å². The topological polar surface area (TPSA) is 53.3 Å². The van der Waals surface area contributed by atoms with Gasteiger partial charge in [-0.05, 0) is 36.1 Å². The Morgan fingerprint density at radius 1 is 1.50 bits per heavy atom. The van der Waals surface area contributed by atoms with Gasteiger partial charge in [0, 0.05) is 19.5 Å². The van der Waals surface area contributed by atoms with Crippen molar-refractivity contribution in [3.63, 3.8) is 0 Å². The van der Waals surface area contributed by atoms with Crippen LogP contribution in [-0.4, -0.2) is 24.0 Å². The van der Waals surface area contributed by atoms with E-state index in [1.807, 2.05) is 12.1 Å². The molecule has 1 fully saturated rings. The normalized spacial score (nSPS) is 17.6. The van der Waals surface area contributed by atoms with Crippen LogP contribution in [0, 0.1) is 16.7 Å². The predicted molar refractivity (Wildman–Crippen MR) is 83.2 cm³/mol. The van der Waals surface area contributed by atoms with Gasteiger partial charge in [-0.3, -0.25) is 4.79 Å². The van der Waals surface area contributed by atoms with Gasteiger partial charge in [-0.1, -0.05) is 25.1 Å². The van der Waals surface area contributed by atoms with Crippen LogP contribution in [0.4, 0.5) is 0 Å². The summed E-state index contributed by atoms with van der Waals surface area (Å²) in [6.45, 7) is 5.28. The fraction of sp³-hybridized carbons (Fsp3) is 0.444. The second-order valence-electron chi connectivity index (χ2n) is 6.18. The van der Waals surface area contributed by atoms with Crippen molar-refractivity contribution in [2.24, 2.45) is 5.41 Å². The van der Waals surface area contributed by atoms with Crippen LogP contribution in [0.15, 0.2) is 30.9 Å². The van der Waals surface area contributed by atoms with Gasteiger partial charge >= 0.3 is 0 Å². The number of carbonyl (C=O) groups excluding carboxylic acids is 1. The van der Waals surface area contributed by atoms with Crippen molar-refractivity contribution in [2.45, 2.75) is 32.2 Å². The standard InChI is InChI=1S/C18H20N2O2/c1-2-17(21)20(13-18(12-19)7-3-8-18)11-14-4-5-15-6-9-22-16(15)10-14/h2,4-5,10H,1,3,6-9,11,13H2. The minimum atomic E-state index is -0.369. The van der Waals surface area contributed by atoms with Gasteiger partial charge in [0.05, 0.1) is 18.1 Å². The number of ether oxygens (including phenoxy) is 1. The largest absolute Gasteiger partial charge is 0.493 e. The molecule has 0 spiro atoms. The lowest BCUT2D eigenvalue weighted by molar-refractivity contribution is -0.128. The van der Waals surface area contributed by atoms with Crippen LogP contribution in [0.3, 0.4) is 0 Å². The third kappa shape index (κ3) is 2.71. The maximum atomic E-state index is 12.2. The van der Waals surface area contributed by atoms with Gasteiger partial charge in [0.25, 0.3) is 0 Å². The maximum absolute atomic E-state index is 12.2. The summed E-state index contributed by atoms with van der Waals surface area (Å²) >= 11 is 0. The fourth-order valence-corrected chi connectivity index (χ4v) is 3.14. The van der Waals surface area contributed by atoms with Gasteiger partial charge in [-0.15, -0.1) is 0 Å². The highest BCUT2D eigenvalue weighted by molar-refractivity contribution is 5.87. The molecular weight excluding hydrogens is 276 g/mol. The minimum absolute atomic E-state index is 0.122. The lowest BCUT2D eigenvalue weighted by atomic mass is 9.69. The SMILES string of the molecule is C=CC(=O)N(Cc1ccc2c(c1)OCC2)CC1(C#N)CCC1. The Kier molecular flexibility index (Phi) is 3.89. The Bertz CT molecular complexity index is 641. The van der Waals surface area contributed by atoms with Gasteiger partial charge in [-0.25, -0.2) is 0 Å². The number of benzene rings is 1. The van der Waals surface area contributed by atoms with Gasteiger partial charge in [0.15, 0.2) is 0 Å². The fourth-order valence-electron chi connectivity index (χ4n) is 3.14. The van der Waals surface area contributed by atoms with E-state index in [2.05, 4.69) is 18.7 Å². The third-order valence-corrected chi connectivity index (χ3v) is 4.66. The molecule has 0 radical (unpaired) electrons. The van der Waals surface area contributed by atoms with Crippen LogP contribution in [0.2, 0.25) is 0 Å². The molecule has 114 valence electrons. The second-order valence-corrected chi connectivity index (χ2v) is 6.18. The first kappa shape index (κ1) is 14.6. The predicted octanol–water partition coefficient (Wildman–Crippen LogP) is 2.83. The van der Waals surface area contributed by atoms with Crippen molar-refractivity contribution >= 4 is 5.91 Å². The van der Waals surface area contributed by atoms with Gasteiger partial charge in [-0.2, -0.15) is 5.26 Å². The molecule has 3 rings (SSSR count). The zero-order valence-electron chi connectivity index (χ0n) is 12.7. The molecule has 22 heavy (non-hydrogen) atoms. The van der Waals surface area contributed by atoms with Crippen molar-refractivity contribution in [3.8, 4) is 11.8 Å². The van der Waals surface area contributed by atoms with Gasteiger partial charge in [0.1, 0.15) is 5.75 Å². The quantitative estimate of drug-likeness (QED) is 0.785. The van der Waals surface area contributed by atoms with Crippen LogP contribution in [0.1, 0.15) is 30.4 Å². The van der Waals surface area contributed by atoms with E-state index in [9.17, 15) is 10.1 Å². The minimum Gasteiger partial charge on any atom is -0.493 e. The van der Waals surface area contributed by atoms with E-state index in [-0.39, 0.29) is 11.3 Å². The summed E-state index contributed by atoms with van der Waals surface area (Å²) in [5, 5.41) is 9.40. The second kappa shape index (κ2) is 5.84. The summed E-state index contributed by atoms with van der Waals surface area (Å²) in [5.41, 5.74) is 1.88. The average Bonchev–Trinajstić information content (AvgIpc) is 2.96. The summed E-state index contributed by atoms with van der Waals surface area (Å²) in [6, 6.07) is 8.51. The Labute approximate surface area is 131 Å². The molecule has 0 N–H and O–H groups in total. The van der Waals surface area contributed by atoms with Crippen molar-refractivity contribution in [1.82, 2.24) is 4.90 Å². The van der Waals surface area contributed by atoms with Crippen LogP contribution in [0.5, 0.6) is 5.75 Å². The molecule has 1 aromatic rings. The van der Waals surface area contributed by atoms with Crippen molar-refractivity contribution in [2.75, 3.05) is 13.2 Å². The number of hydrogen-bond donors (Lipinski definition) is 0. The van der Waals surface area contributed by atoms with Crippen LogP contribution >= 0.6 is 0 Å². The van der Waals surface area contributed by atoms with Crippen LogP contribution < -0.4 is 4.74 Å². The average molecular weight is 296 g/mol. The summed E-state index contributed by atoms with van der Waals surface area (Å²) in [4.78, 5) is 13.9. The van der Waals surface area contributed by atoms with Crippen LogP contribution in [0.25, 0.3) is 0 Å². The van der Waals surface area contributed by atoms with Crippen LogP contribution in [-0.2, 0) is 17.8 Å². The molecule has 0 bridgehead atoms. The molecule has 0 aromatic heterocycles. The number of hydrogen-bond acceptors (Lipinski definition) is 3. The molecule has 0 unspecified atom stereocenters. The highest BCUT2D eigenvalue weighted by atomic mass is 16.5. The number of fused-ring (bicyclic) bond motifs is 1. The smallest absolute Gasteiger partial charge is 0.246 e. The lowest BCUT2D eigenvalue weighted by Crippen LogP contribution is -2.43. The highest BCUT2D eigenvalue weighted by Crippen LogP contribution is 2.41. The number of nitrogens with zero attached hydrogens (tertiary/aromatic N) is 2. The lowest BCUT2D eigenvalue weighted by Gasteiger charge is -2.39. The third-order valence-electron chi connectivity index (χ3n) is 4.66. The molecule has 2 aliphatic rings. The Morgan fingerprint density at radius 3 is 2.95 bits per heavy atom. The Hall–Kier alpha value is -2.28. The van der Waals surface area contributed by atoms with E-state index in [1.54, 1.807) is 4.90 Å². The van der Waals surface area contributed by atoms with E-state index in [1.165, 1.54) is 11.6 Å². The number of rotatable bonds is 5. The van der Waals surface area contributed by atoms with Crippen molar-refractivity contribution in [3.05, 3.63) is 42.0 Å². The van der Waals surface area contributed by atoms with Gasteiger partial charge < -0.3 is 9.64 Å². The molecule has 1 saturated carbocycles. The molecule has 0 atom stereocenters. The summed E-state index contributed by atoms with van der Waals surface area (Å²) < 4.78 is 5.59. The maximum Gasteiger partial charge on any atom is 0.246 e. The first-order valence-electron chi connectivity index (χ1n) is 7.73. The Morgan fingerprint density at radius 2 is 2.32 bits per heavy atom. The number of nitriles is 1. The van der Waals surface area contributed by atoms with Crippen molar-refractivity contribution < 1.29 is 9.53 Å². The zero-order valence-corrected chi connectivity index (χ0v) is 12.7. The first-order valence-corrected chi connectivity index (χ1v) is 7.73. The molecule has 1 aromatic carbocycles. The molecule has 1 amide bonds. The zero-order chi connectivity index (χ0) is 15.6. The molecule has 0 saturated heterocycles. The molecule has 1 aliphatic heterocycles. The molecule has 1 aliphatic carbocycles. The van der Waals surface area contributed by atoms with Crippen molar-refractivity contribution in [1.29, 1.82) is 5.26 Å². The van der Waals surface area contributed by atoms with E-state index >= 15 is 0 Å². The molecule has 1 heterocycles. The monoisotopic (exact) mass is 296 g/mol. The van der Waals surface area contributed by atoms with E-state index in [4.69, 9.17) is 4.74 Å². The molecule has 4 heteroatoms. The molecular formula is C18H20N2O2. The Balaban J connectivity index is 1.77. The molecule has 4 nitrogen and oxygen atoms in total. The summed E-state index contributed by atoms with van der Waals surface area (Å²) in [7, 11) is 0. The van der Waals surface area contributed by atoms with E-state index in [0.29, 0.717) is 13.1 Å². The van der Waals surface area contributed by atoms with E-state index in [0.717, 1.165) is 43.6 Å². The highest BCUT2D eigenvalue weighted by Gasteiger charge is 2.39. The summed E-state index contributed by atoms with van der Waals surface area (Å²) in [6.07, 6.45) is 5.09. The number of amides is 1. The number of carbonyl (C=O) groups is 1.